The molecule has 2 aromatic rings. The summed E-state index contributed by atoms with van der Waals surface area (Å²) in [5.41, 5.74) is -0.462. The number of rotatable bonds is 5. The lowest BCUT2D eigenvalue weighted by Crippen LogP contribution is -2.24. The van der Waals surface area contributed by atoms with Gasteiger partial charge >= 0.3 is 0 Å². The molecule has 0 aliphatic carbocycles. The number of carbonyl (C=O) groups is 1. The Labute approximate surface area is 123 Å². The van der Waals surface area contributed by atoms with Gasteiger partial charge < -0.3 is 5.32 Å². The number of aryl methyl sites for hydroxylation is 1. The molecule has 1 heterocycles. The SMILES string of the molecule is Cn1nccc1CNC(=O)c1cc([N+](=O)[O-])cc([N+](=O)[O-])c1. The van der Waals surface area contributed by atoms with Gasteiger partial charge in [0.1, 0.15) is 0 Å². The Morgan fingerprint density at radius 3 is 2.27 bits per heavy atom. The molecule has 10 heteroatoms. The number of amides is 1. The van der Waals surface area contributed by atoms with Crippen LogP contribution in [0.15, 0.2) is 30.5 Å². The van der Waals surface area contributed by atoms with Crippen LogP contribution in [-0.4, -0.2) is 25.5 Å². The van der Waals surface area contributed by atoms with Crippen LogP contribution >= 0.6 is 0 Å². The smallest absolute Gasteiger partial charge is 0.277 e. The maximum atomic E-state index is 12.0. The van der Waals surface area contributed by atoms with Crippen molar-refractivity contribution in [2.75, 3.05) is 0 Å². The Kier molecular flexibility index (Phi) is 4.11. The summed E-state index contributed by atoms with van der Waals surface area (Å²) in [5, 5.41) is 28.0. The van der Waals surface area contributed by atoms with Crippen molar-refractivity contribution in [1.29, 1.82) is 0 Å². The molecule has 1 aromatic heterocycles. The Bertz CT molecular complexity index is 722. The standard InChI is InChI=1S/C12H11N5O5/c1-15-9(2-3-14-15)7-13-12(18)8-4-10(16(19)20)6-11(5-8)17(21)22/h2-6H,7H2,1H3,(H,13,18). The maximum Gasteiger partial charge on any atom is 0.277 e. The molecule has 0 radical (unpaired) electrons. The summed E-state index contributed by atoms with van der Waals surface area (Å²) < 4.78 is 1.55. The molecule has 114 valence electrons. The number of nitro benzene ring substituents is 2. The lowest BCUT2D eigenvalue weighted by molar-refractivity contribution is -0.394. The lowest BCUT2D eigenvalue weighted by Gasteiger charge is -2.05. The lowest BCUT2D eigenvalue weighted by atomic mass is 10.1. The summed E-state index contributed by atoms with van der Waals surface area (Å²) in [5.74, 6) is -0.645. The van der Waals surface area contributed by atoms with Crippen molar-refractivity contribution in [2.24, 2.45) is 7.05 Å². The molecule has 0 aliphatic rings. The summed E-state index contributed by atoms with van der Waals surface area (Å²) in [4.78, 5) is 32.0. The number of carbonyl (C=O) groups excluding carboxylic acids is 1. The second-order valence-electron chi connectivity index (χ2n) is 4.38. The molecule has 0 atom stereocenters. The summed E-state index contributed by atoms with van der Waals surface area (Å²) in [6.07, 6.45) is 1.56. The predicted octanol–water partition coefficient (Wildman–Crippen LogP) is 1.17. The van der Waals surface area contributed by atoms with E-state index < -0.39 is 27.1 Å². The van der Waals surface area contributed by atoms with Crippen molar-refractivity contribution < 1.29 is 14.6 Å². The Morgan fingerprint density at radius 2 is 1.82 bits per heavy atom. The Hall–Kier alpha value is -3.30. The van der Waals surface area contributed by atoms with Crippen LogP contribution in [0.3, 0.4) is 0 Å². The fraction of sp³-hybridized carbons (Fsp3) is 0.167. The normalized spacial score (nSPS) is 10.2. The highest BCUT2D eigenvalue weighted by atomic mass is 16.6. The van der Waals surface area contributed by atoms with Crippen molar-refractivity contribution >= 4 is 17.3 Å². The first-order valence-corrected chi connectivity index (χ1v) is 6.07. The molecule has 1 aromatic carbocycles. The molecule has 0 bridgehead atoms. The highest BCUT2D eigenvalue weighted by molar-refractivity contribution is 5.95. The van der Waals surface area contributed by atoms with Gasteiger partial charge in [-0.1, -0.05) is 0 Å². The minimum absolute atomic E-state index is 0.145. The average Bonchev–Trinajstić information content (AvgIpc) is 2.89. The third kappa shape index (κ3) is 3.23. The minimum atomic E-state index is -0.787. The Morgan fingerprint density at radius 1 is 1.23 bits per heavy atom. The summed E-state index contributed by atoms with van der Waals surface area (Å²) >= 11 is 0. The minimum Gasteiger partial charge on any atom is -0.346 e. The van der Waals surface area contributed by atoms with Crippen LogP contribution < -0.4 is 5.32 Å². The highest BCUT2D eigenvalue weighted by Gasteiger charge is 2.19. The summed E-state index contributed by atoms with van der Waals surface area (Å²) in [7, 11) is 1.69. The molecular weight excluding hydrogens is 294 g/mol. The molecule has 10 nitrogen and oxygen atoms in total. The summed E-state index contributed by atoms with van der Waals surface area (Å²) in [6.45, 7) is 0.145. The highest BCUT2D eigenvalue weighted by Crippen LogP contribution is 2.22. The van der Waals surface area contributed by atoms with Gasteiger partial charge in [-0.25, -0.2) is 0 Å². The Balaban J connectivity index is 2.23. The van der Waals surface area contributed by atoms with Crippen LogP contribution in [0.25, 0.3) is 0 Å². The van der Waals surface area contributed by atoms with Crippen molar-refractivity contribution in [3.05, 3.63) is 61.9 Å². The molecule has 0 saturated carbocycles. The summed E-state index contributed by atoms with van der Waals surface area (Å²) in [6, 6.07) is 4.48. The zero-order valence-corrected chi connectivity index (χ0v) is 11.4. The number of hydrogen-bond donors (Lipinski definition) is 1. The van der Waals surface area contributed by atoms with Gasteiger partial charge in [-0.3, -0.25) is 29.7 Å². The van der Waals surface area contributed by atoms with E-state index in [1.807, 2.05) is 0 Å². The predicted molar refractivity (Wildman–Crippen MR) is 74.1 cm³/mol. The van der Waals surface area contributed by atoms with Crippen molar-refractivity contribution in [3.63, 3.8) is 0 Å². The topological polar surface area (TPSA) is 133 Å². The molecule has 1 N–H and O–H groups in total. The fourth-order valence-corrected chi connectivity index (χ4v) is 1.78. The molecule has 0 spiro atoms. The molecule has 22 heavy (non-hydrogen) atoms. The zero-order valence-electron chi connectivity index (χ0n) is 11.4. The number of nitrogens with one attached hydrogen (secondary N) is 1. The molecule has 1 amide bonds. The van der Waals surface area contributed by atoms with E-state index in [9.17, 15) is 25.0 Å². The largest absolute Gasteiger partial charge is 0.346 e. The fourth-order valence-electron chi connectivity index (χ4n) is 1.78. The van der Waals surface area contributed by atoms with Crippen LogP contribution in [0.1, 0.15) is 16.1 Å². The molecule has 2 rings (SSSR count). The van der Waals surface area contributed by atoms with E-state index in [-0.39, 0.29) is 12.1 Å². The molecule has 0 saturated heterocycles. The average molecular weight is 305 g/mol. The van der Waals surface area contributed by atoms with Crippen LogP contribution in [-0.2, 0) is 13.6 Å². The second-order valence-corrected chi connectivity index (χ2v) is 4.38. The van der Waals surface area contributed by atoms with Crippen LogP contribution in [0.5, 0.6) is 0 Å². The van der Waals surface area contributed by atoms with Crippen LogP contribution in [0.2, 0.25) is 0 Å². The van der Waals surface area contributed by atoms with E-state index >= 15 is 0 Å². The molecule has 0 fully saturated rings. The van der Waals surface area contributed by atoms with Crippen molar-refractivity contribution in [1.82, 2.24) is 15.1 Å². The second kappa shape index (κ2) is 5.99. The van der Waals surface area contributed by atoms with Crippen LogP contribution in [0.4, 0.5) is 11.4 Å². The first kappa shape index (κ1) is 15.1. The van der Waals surface area contributed by atoms with E-state index in [1.165, 1.54) is 0 Å². The van der Waals surface area contributed by atoms with Crippen molar-refractivity contribution in [2.45, 2.75) is 6.54 Å². The van der Waals surface area contributed by atoms with Gasteiger partial charge in [0, 0.05) is 25.4 Å². The number of non-ortho nitro benzene ring substituents is 2. The number of benzene rings is 1. The first-order chi connectivity index (χ1) is 10.4. The quantitative estimate of drug-likeness (QED) is 0.651. The zero-order chi connectivity index (χ0) is 16.3. The third-order valence-electron chi connectivity index (χ3n) is 2.94. The van der Waals surface area contributed by atoms with Gasteiger partial charge in [0.15, 0.2) is 0 Å². The number of nitrogens with zero attached hydrogens (tertiary/aromatic N) is 4. The van der Waals surface area contributed by atoms with Gasteiger partial charge in [-0.05, 0) is 6.07 Å². The molecular formula is C12H11N5O5. The van der Waals surface area contributed by atoms with Crippen LogP contribution in [0, 0.1) is 20.2 Å². The monoisotopic (exact) mass is 305 g/mol. The molecule has 0 aliphatic heterocycles. The maximum absolute atomic E-state index is 12.0. The number of aromatic nitrogens is 2. The third-order valence-corrected chi connectivity index (χ3v) is 2.94. The van der Waals surface area contributed by atoms with E-state index in [0.29, 0.717) is 5.69 Å². The van der Waals surface area contributed by atoms with Crippen molar-refractivity contribution in [3.8, 4) is 0 Å². The molecule has 0 unspecified atom stereocenters. The van der Waals surface area contributed by atoms with Gasteiger partial charge in [0.05, 0.1) is 33.7 Å². The van der Waals surface area contributed by atoms with Gasteiger partial charge in [-0.2, -0.15) is 5.10 Å². The van der Waals surface area contributed by atoms with E-state index in [1.54, 1.807) is 24.0 Å². The number of nitro groups is 2. The van der Waals surface area contributed by atoms with Gasteiger partial charge in [0.2, 0.25) is 0 Å². The first-order valence-electron chi connectivity index (χ1n) is 6.07. The van der Waals surface area contributed by atoms with E-state index in [0.717, 1.165) is 18.2 Å². The van der Waals surface area contributed by atoms with E-state index in [2.05, 4.69) is 10.4 Å². The van der Waals surface area contributed by atoms with Gasteiger partial charge in [-0.15, -0.1) is 0 Å². The number of hydrogen-bond acceptors (Lipinski definition) is 6. The van der Waals surface area contributed by atoms with Gasteiger partial charge in [0.25, 0.3) is 17.3 Å². The van der Waals surface area contributed by atoms with E-state index in [4.69, 9.17) is 0 Å².